The van der Waals surface area contributed by atoms with Crippen LogP contribution in [-0.2, 0) is 0 Å². The number of hydrogen-bond acceptors (Lipinski definition) is 5. The second-order valence-corrected chi connectivity index (χ2v) is 5.54. The van der Waals surface area contributed by atoms with Crippen molar-refractivity contribution in [2.45, 2.75) is 20.3 Å². The van der Waals surface area contributed by atoms with E-state index in [1.165, 1.54) is 6.33 Å². The molecule has 0 saturated heterocycles. The monoisotopic (exact) mass is 327 g/mol. The smallest absolute Gasteiger partial charge is 0.342 e. The normalized spacial score (nSPS) is 11.5. The van der Waals surface area contributed by atoms with Crippen molar-refractivity contribution in [1.29, 1.82) is 5.26 Å². The largest absolute Gasteiger partial charge is 0.491 e. The van der Waals surface area contributed by atoms with Gasteiger partial charge in [0, 0.05) is 18.5 Å². The van der Waals surface area contributed by atoms with E-state index in [-0.39, 0.29) is 5.92 Å². The number of aromatic carboxylic acids is 1. The molecule has 124 valence electrons. The van der Waals surface area contributed by atoms with Crippen LogP contribution in [0, 0.1) is 24.2 Å². The predicted molar refractivity (Wildman–Crippen MR) is 86.4 cm³/mol. The average molecular weight is 327 g/mol. The lowest BCUT2D eigenvalue weighted by Gasteiger charge is -2.16. The molecule has 1 aromatic carbocycles. The minimum atomic E-state index is -1.33. The van der Waals surface area contributed by atoms with Crippen LogP contribution in [0.4, 0.5) is 0 Å². The number of aryl methyl sites for hydroxylation is 1. The predicted octanol–water partition coefficient (Wildman–Crippen LogP) is 2.17. The molecular formula is C17H17N3O4. The summed E-state index contributed by atoms with van der Waals surface area (Å²) < 4.78 is 6.90. The van der Waals surface area contributed by atoms with E-state index in [0.29, 0.717) is 24.5 Å². The highest BCUT2D eigenvalue weighted by atomic mass is 16.5. The highest BCUT2D eigenvalue weighted by molar-refractivity contribution is 5.86. The van der Waals surface area contributed by atoms with Crippen molar-refractivity contribution < 1.29 is 14.6 Å². The molecule has 0 amide bonds. The third kappa shape index (κ3) is 3.79. The molecule has 0 aliphatic rings. The average Bonchev–Trinajstić information content (AvgIpc) is 2.53. The van der Waals surface area contributed by atoms with Crippen molar-refractivity contribution in [3.05, 3.63) is 52.2 Å². The summed E-state index contributed by atoms with van der Waals surface area (Å²) in [7, 11) is 0. The SMILES string of the molecule is Cc1ccc(-n2cncc(C(=O)O)c2=O)c(OCC(C)CC#N)c1. The van der Waals surface area contributed by atoms with Gasteiger partial charge in [0.1, 0.15) is 17.6 Å². The Morgan fingerprint density at radius 3 is 2.92 bits per heavy atom. The molecular weight excluding hydrogens is 310 g/mol. The summed E-state index contributed by atoms with van der Waals surface area (Å²) in [5.41, 5.74) is 0.237. The third-order valence-corrected chi connectivity index (χ3v) is 3.40. The van der Waals surface area contributed by atoms with Gasteiger partial charge in [-0.3, -0.25) is 9.36 Å². The number of carboxylic acid groups (broad SMARTS) is 1. The molecule has 1 N–H and O–H groups in total. The minimum absolute atomic E-state index is 0.0311. The van der Waals surface area contributed by atoms with Crippen molar-refractivity contribution >= 4 is 5.97 Å². The Morgan fingerprint density at radius 1 is 1.50 bits per heavy atom. The summed E-state index contributed by atoms with van der Waals surface area (Å²) in [4.78, 5) is 27.3. The molecule has 0 bridgehead atoms. The maximum atomic E-state index is 12.3. The molecule has 0 saturated carbocycles. The van der Waals surface area contributed by atoms with Gasteiger partial charge in [-0.25, -0.2) is 9.78 Å². The molecule has 0 spiro atoms. The molecule has 24 heavy (non-hydrogen) atoms. The van der Waals surface area contributed by atoms with Gasteiger partial charge in [-0.05, 0) is 24.6 Å². The minimum Gasteiger partial charge on any atom is -0.491 e. The van der Waals surface area contributed by atoms with Gasteiger partial charge in [0.25, 0.3) is 5.56 Å². The van der Waals surface area contributed by atoms with Gasteiger partial charge in [-0.1, -0.05) is 13.0 Å². The van der Waals surface area contributed by atoms with Crippen LogP contribution in [0.1, 0.15) is 29.3 Å². The van der Waals surface area contributed by atoms with Gasteiger partial charge in [0.2, 0.25) is 0 Å². The zero-order valence-corrected chi connectivity index (χ0v) is 13.4. The maximum Gasteiger partial charge on any atom is 0.342 e. The standard InChI is InChI=1S/C17H17N3O4/c1-11-3-4-14(15(7-11)24-9-12(2)5-6-18)20-10-19-8-13(16(20)21)17(22)23/h3-4,7-8,10,12H,5,9H2,1-2H3,(H,22,23). The summed E-state index contributed by atoms with van der Waals surface area (Å²) in [6.45, 7) is 4.08. The van der Waals surface area contributed by atoms with Crippen molar-refractivity contribution in [3.63, 3.8) is 0 Å². The fourth-order valence-electron chi connectivity index (χ4n) is 2.11. The summed E-state index contributed by atoms with van der Waals surface area (Å²) in [6.07, 6.45) is 2.63. The Morgan fingerprint density at radius 2 is 2.25 bits per heavy atom. The number of nitriles is 1. The van der Waals surface area contributed by atoms with Gasteiger partial charge in [-0.15, -0.1) is 0 Å². The van der Waals surface area contributed by atoms with Gasteiger partial charge in [0.15, 0.2) is 0 Å². The lowest BCUT2D eigenvalue weighted by molar-refractivity contribution is 0.0694. The Hall–Kier alpha value is -3.14. The second-order valence-electron chi connectivity index (χ2n) is 5.54. The molecule has 7 heteroatoms. The number of ether oxygens (including phenoxy) is 1. The maximum absolute atomic E-state index is 12.3. The molecule has 2 aromatic rings. The van der Waals surface area contributed by atoms with E-state index in [2.05, 4.69) is 11.1 Å². The number of rotatable bonds is 6. The van der Waals surface area contributed by atoms with Crippen LogP contribution < -0.4 is 10.3 Å². The van der Waals surface area contributed by atoms with Crippen LogP contribution in [0.2, 0.25) is 0 Å². The van der Waals surface area contributed by atoms with Crippen molar-refractivity contribution in [3.8, 4) is 17.5 Å². The number of benzene rings is 1. The Kier molecular flexibility index (Phi) is 5.32. The number of carbonyl (C=O) groups is 1. The van der Waals surface area contributed by atoms with Crippen molar-refractivity contribution in [1.82, 2.24) is 9.55 Å². The molecule has 0 aliphatic heterocycles. The van der Waals surface area contributed by atoms with E-state index in [1.54, 1.807) is 18.2 Å². The number of hydrogen-bond donors (Lipinski definition) is 1. The van der Waals surface area contributed by atoms with Crippen LogP contribution in [0.25, 0.3) is 5.69 Å². The topological polar surface area (TPSA) is 105 Å². The van der Waals surface area contributed by atoms with Crippen LogP contribution in [0.3, 0.4) is 0 Å². The first kappa shape index (κ1) is 17.2. The summed E-state index contributed by atoms with van der Waals surface area (Å²) in [5, 5.41) is 17.8. The molecule has 1 unspecified atom stereocenters. The van der Waals surface area contributed by atoms with Crippen molar-refractivity contribution in [2.24, 2.45) is 5.92 Å². The first-order valence-corrected chi connectivity index (χ1v) is 7.34. The summed E-state index contributed by atoms with van der Waals surface area (Å²) in [6, 6.07) is 7.31. The Bertz CT molecular complexity index is 852. The lowest BCUT2D eigenvalue weighted by Crippen LogP contribution is -2.26. The van der Waals surface area contributed by atoms with Crippen LogP contribution in [-0.4, -0.2) is 27.2 Å². The number of nitrogens with zero attached hydrogens (tertiary/aromatic N) is 3. The highest BCUT2D eigenvalue weighted by Gasteiger charge is 2.15. The molecule has 7 nitrogen and oxygen atoms in total. The van der Waals surface area contributed by atoms with Gasteiger partial charge in [-0.2, -0.15) is 5.26 Å². The summed E-state index contributed by atoms with van der Waals surface area (Å²) in [5.74, 6) is -0.867. The van der Waals surface area contributed by atoms with Crippen LogP contribution >= 0.6 is 0 Å². The molecule has 0 fully saturated rings. The molecule has 1 heterocycles. The molecule has 0 radical (unpaired) electrons. The fourth-order valence-corrected chi connectivity index (χ4v) is 2.11. The lowest BCUT2D eigenvalue weighted by atomic mass is 10.1. The van der Waals surface area contributed by atoms with E-state index < -0.39 is 17.1 Å². The van der Waals surface area contributed by atoms with E-state index in [0.717, 1.165) is 16.3 Å². The second kappa shape index (κ2) is 7.42. The van der Waals surface area contributed by atoms with Crippen LogP contribution in [0.5, 0.6) is 5.75 Å². The zero-order chi connectivity index (χ0) is 17.7. The van der Waals surface area contributed by atoms with Gasteiger partial charge >= 0.3 is 5.97 Å². The van der Waals surface area contributed by atoms with E-state index >= 15 is 0 Å². The van der Waals surface area contributed by atoms with Crippen molar-refractivity contribution in [2.75, 3.05) is 6.61 Å². The van der Waals surface area contributed by atoms with E-state index in [1.807, 2.05) is 13.8 Å². The number of aromatic nitrogens is 2. The first-order chi connectivity index (χ1) is 11.4. The third-order valence-electron chi connectivity index (χ3n) is 3.40. The molecule has 2 rings (SSSR count). The number of carboxylic acids is 1. The first-order valence-electron chi connectivity index (χ1n) is 7.34. The van der Waals surface area contributed by atoms with Gasteiger partial charge < -0.3 is 9.84 Å². The van der Waals surface area contributed by atoms with E-state index in [4.69, 9.17) is 15.1 Å². The fraction of sp³-hybridized carbons (Fsp3) is 0.294. The van der Waals surface area contributed by atoms with Gasteiger partial charge in [0.05, 0.1) is 18.4 Å². The Labute approximate surface area is 138 Å². The van der Waals surface area contributed by atoms with E-state index in [9.17, 15) is 9.59 Å². The van der Waals surface area contributed by atoms with Crippen LogP contribution in [0.15, 0.2) is 35.5 Å². The zero-order valence-electron chi connectivity index (χ0n) is 13.4. The Balaban J connectivity index is 2.45. The quantitative estimate of drug-likeness (QED) is 0.871. The molecule has 0 aliphatic carbocycles. The molecule has 1 atom stereocenters. The molecule has 1 aromatic heterocycles. The highest BCUT2D eigenvalue weighted by Crippen LogP contribution is 2.24. The summed E-state index contributed by atoms with van der Waals surface area (Å²) >= 11 is 0.